The van der Waals surface area contributed by atoms with Crippen LogP contribution in [0.4, 0.5) is 17.1 Å². The Morgan fingerprint density at radius 1 is 0.322 bits per heavy atom. The van der Waals surface area contributed by atoms with Gasteiger partial charge in [-0.15, -0.1) is 0 Å². The highest BCUT2D eigenvalue weighted by molar-refractivity contribution is 6.15. The lowest BCUT2D eigenvalue weighted by Crippen LogP contribution is -2.10. The van der Waals surface area contributed by atoms with Gasteiger partial charge in [0.15, 0.2) is 0 Å². The lowest BCUT2D eigenvalue weighted by molar-refractivity contribution is 0.669. The van der Waals surface area contributed by atoms with Gasteiger partial charge in [-0.05, 0) is 111 Å². The molecule has 0 unspecified atom stereocenters. The maximum absolute atomic E-state index is 6.26. The summed E-state index contributed by atoms with van der Waals surface area (Å²) in [6.45, 7) is 0. The lowest BCUT2D eigenvalue weighted by atomic mass is 9.98. The minimum atomic E-state index is 0.901. The van der Waals surface area contributed by atoms with Gasteiger partial charge in [-0.3, -0.25) is 0 Å². The van der Waals surface area contributed by atoms with Crippen molar-refractivity contribution in [3.8, 4) is 27.9 Å². The molecule has 0 bridgehead atoms. The van der Waals surface area contributed by atoms with Gasteiger partial charge < -0.3 is 13.9 Å². The largest absolute Gasteiger partial charge is 0.456 e. The molecule has 276 valence electrons. The molecule has 2 heterocycles. The summed E-state index contributed by atoms with van der Waals surface area (Å²) >= 11 is 0. The zero-order chi connectivity index (χ0) is 38.9. The summed E-state index contributed by atoms with van der Waals surface area (Å²) in [5.74, 6) is 0. The Kier molecular flexibility index (Phi) is 7.54. The molecule has 0 saturated carbocycles. The van der Waals surface area contributed by atoms with Crippen LogP contribution in [0.15, 0.2) is 223 Å². The van der Waals surface area contributed by atoms with E-state index >= 15 is 0 Å². The highest BCUT2D eigenvalue weighted by Crippen LogP contribution is 2.43. The number of hydrogen-bond acceptors (Lipinski definition) is 2. The Balaban J connectivity index is 0.968. The first kappa shape index (κ1) is 33.3. The van der Waals surface area contributed by atoms with E-state index in [2.05, 4.69) is 216 Å². The van der Waals surface area contributed by atoms with E-state index in [0.29, 0.717) is 0 Å². The molecule has 0 aliphatic rings. The molecular weight excluding hydrogens is 717 g/mol. The second-order valence-electron chi connectivity index (χ2n) is 15.3. The average molecular weight is 753 g/mol. The van der Waals surface area contributed by atoms with Crippen LogP contribution >= 0.6 is 0 Å². The number of hydrogen-bond donors (Lipinski definition) is 0. The summed E-state index contributed by atoms with van der Waals surface area (Å²) in [6.07, 6.45) is 0. The predicted octanol–water partition coefficient (Wildman–Crippen LogP) is 15.8. The van der Waals surface area contributed by atoms with Crippen molar-refractivity contribution in [2.45, 2.75) is 0 Å². The molecule has 0 aliphatic carbocycles. The highest BCUT2D eigenvalue weighted by Gasteiger charge is 2.19. The zero-order valence-electron chi connectivity index (χ0n) is 32.1. The molecule has 0 N–H and O–H groups in total. The van der Waals surface area contributed by atoms with Gasteiger partial charge in [-0.2, -0.15) is 0 Å². The summed E-state index contributed by atoms with van der Waals surface area (Å²) in [4.78, 5) is 2.40. The molecule has 2 aromatic heterocycles. The third-order valence-corrected chi connectivity index (χ3v) is 12.0. The quantitative estimate of drug-likeness (QED) is 0.158. The number of anilines is 3. The predicted molar refractivity (Wildman–Crippen MR) is 249 cm³/mol. The molecule has 3 heteroatoms. The third-order valence-electron chi connectivity index (χ3n) is 12.0. The van der Waals surface area contributed by atoms with Gasteiger partial charge in [-0.1, -0.05) is 146 Å². The Morgan fingerprint density at radius 3 is 1.54 bits per heavy atom. The molecule has 0 amide bonds. The Bertz CT molecular complexity index is 3500. The summed E-state index contributed by atoms with van der Waals surface area (Å²) in [7, 11) is 0. The number of furan rings is 1. The number of benzene rings is 10. The summed E-state index contributed by atoms with van der Waals surface area (Å²) < 4.78 is 8.64. The maximum atomic E-state index is 6.26. The van der Waals surface area contributed by atoms with E-state index in [1.165, 1.54) is 48.9 Å². The maximum Gasteiger partial charge on any atom is 0.136 e. The number of nitrogens with zero attached hydrogens (tertiary/aromatic N) is 2. The van der Waals surface area contributed by atoms with Crippen LogP contribution in [0.25, 0.3) is 93.2 Å². The van der Waals surface area contributed by atoms with Gasteiger partial charge in [0.05, 0.1) is 16.7 Å². The normalized spacial score (nSPS) is 11.7. The van der Waals surface area contributed by atoms with Crippen molar-refractivity contribution >= 4 is 82.4 Å². The first-order valence-electron chi connectivity index (χ1n) is 20.2. The fraction of sp³-hybridized carbons (Fsp3) is 0. The topological polar surface area (TPSA) is 21.3 Å². The molecule has 12 aromatic rings. The molecule has 0 aliphatic heterocycles. The van der Waals surface area contributed by atoms with Gasteiger partial charge in [0.1, 0.15) is 11.2 Å². The molecule has 3 nitrogen and oxygen atoms in total. The Morgan fingerprint density at radius 2 is 0.847 bits per heavy atom. The van der Waals surface area contributed by atoms with Crippen molar-refractivity contribution in [3.05, 3.63) is 218 Å². The first-order chi connectivity index (χ1) is 29.2. The highest BCUT2D eigenvalue weighted by atomic mass is 16.3. The average Bonchev–Trinajstić information content (AvgIpc) is 3.85. The fourth-order valence-corrected chi connectivity index (χ4v) is 9.18. The van der Waals surface area contributed by atoms with E-state index < -0.39 is 0 Å². The number of para-hydroxylation sites is 3. The zero-order valence-corrected chi connectivity index (χ0v) is 32.1. The van der Waals surface area contributed by atoms with Gasteiger partial charge in [0, 0.05) is 44.0 Å². The Labute approximate surface area is 341 Å². The van der Waals surface area contributed by atoms with Crippen LogP contribution in [-0.2, 0) is 0 Å². The van der Waals surface area contributed by atoms with Crippen molar-refractivity contribution in [1.29, 1.82) is 0 Å². The molecule has 0 spiro atoms. The molecular formula is C56H36N2O. The van der Waals surface area contributed by atoms with Crippen LogP contribution in [0.3, 0.4) is 0 Å². The van der Waals surface area contributed by atoms with Crippen LogP contribution in [-0.4, -0.2) is 4.57 Å². The molecule has 0 saturated heterocycles. The molecule has 12 rings (SSSR count). The van der Waals surface area contributed by atoms with Crippen molar-refractivity contribution in [2.24, 2.45) is 0 Å². The van der Waals surface area contributed by atoms with E-state index in [0.717, 1.165) is 61.4 Å². The van der Waals surface area contributed by atoms with Crippen LogP contribution in [0.2, 0.25) is 0 Å². The van der Waals surface area contributed by atoms with Gasteiger partial charge >= 0.3 is 0 Å². The molecule has 59 heavy (non-hydrogen) atoms. The van der Waals surface area contributed by atoms with Crippen LogP contribution < -0.4 is 4.90 Å². The van der Waals surface area contributed by atoms with E-state index in [-0.39, 0.29) is 0 Å². The van der Waals surface area contributed by atoms with Crippen molar-refractivity contribution in [1.82, 2.24) is 4.57 Å². The SMILES string of the molecule is c1cc(-c2ccc(N(c3ccc(-c4ccc5c(c4)oc4ccccc45)cc3)c3cc4ccccc4c4ccccc34)cc2)cc(-n2c3ccccc3c3ccccc32)c1. The first-order valence-corrected chi connectivity index (χ1v) is 20.2. The Hall–Kier alpha value is -7.88. The van der Waals surface area contributed by atoms with Gasteiger partial charge in [0.2, 0.25) is 0 Å². The minimum absolute atomic E-state index is 0.901. The second kappa shape index (κ2) is 13.4. The third kappa shape index (κ3) is 5.44. The van der Waals surface area contributed by atoms with Crippen LogP contribution in [0.1, 0.15) is 0 Å². The van der Waals surface area contributed by atoms with Crippen molar-refractivity contribution in [2.75, 3.05) is 4.90 Å². The smallest absolute Gasteiger partial charge is 0.136 e. The molecule has 0 radical (unpaired) electrons. The van der Waals surface area contributed by atoms with Crippen molar-refractivity contribution < 1.29 is 4.42 Å². The van der Waals surface area contributed by atoms with Crippen molar-refractivity contribution in [3.63, 3.8) is 0 Å². The van der Waals surface area contributed by atoms with Crippen LogP contribution in [0, 0.1) is 0 Å². The lowest BCUT2D eigenvalue weighted by Gasteiger charge is -2.28. The number of fused-ring (bicyclic) bond motifs is 9. The summed E-state index contributed by atoms with van der Waals surface area (Å²) in [6, 6.07) is 78.8. The summed E-state index contributed by atoms with van der Waals surface area (Å²) in [5.41, 5.74) is 13.3. The monoisotopic (exact) mass is 752 g/mol. The van der Waals surface area contributed by atoms with E-state index in [4.69, 9.17) is 4.42 Å². The number of rotatable bonds is 6. The molecule has 0 atom stereocenters. The van der Waals surface area contributed by atoms with E-state index in [1.807, 2.05) is 12.1 Å². The van der Waals surface area contributed by atoms with Gasteiger partial charge in [0.25, 0.3) is 0 Å². The van der Waals surface area contributed by atoms with E-state index in [1.54, 1.807) is 0 Å². The number of aromatic nitrogens is 1. The molecule has 10 aromatic carbocycles. The minimum Gasteiger partial charge on any atom is -0.456 e. The fourth-order valence-electron chi connectivity index (χ4n) is 9.18. The molecule has 0 fully saturated rings. The van der Waals surface area contributed by atoms with Crippen LogP contribution in [0.5, 0.6) is 0 Å². The second-order valence-corrected chi connectivity index (χ2v) is 15.3. The van der Waals surface area contributed by atoms with Gasteiger partial charge in [-0.25, -0.2) is 0 Å². The standard InChI is InChI=1S/C56H36N2O/c1-2-15-45-41(12-1)35-54(47-17-4-3-16-46(45)47)57(43-31-26-38(27-32-43)40-28-33-51-50-20-7-10-23-55(50)59-56(51)36-40)42-29-24-37(25-30-42)39-13-11-14-44(34-39)58-52-21-8-5-18-48(52)49-19-6-9-22-53(49)58/h1-36H. The summed E-state index contributed by atoms with van der Waals surface area (Å²) in [5, 5.41) is 9.70. The van der Waals surface area contributed by atoms with E-state index in [9.17, 15) is 0 Å².